The molecule has 3 amide bonds. The van der Waals surface area contributed by atoms with E-state index in [0.717, 1.165) is 35.0 Å². The summed E-state index contributed by atoms with van der Waals surface area (Å²) in [6.45, 7) is 1.95. The van der Waals surface area contributed by atoms with Crippen LogP contribution in [0.2, 0.25) is 0 Å². The van der Waals surface area contributed by atoms with Crippen LogP contribution in [0.1, 0.15) is 40.2 Å². The Morgan fingerprint density at radius 2 is 2.00 bits per heavy atom. The first kappa shape index (κ1) is 19.4. The molecule has 1 aliphatic heterocycles. The molecule has 6 heteroatoms. The number of piperidine rings is 1. The third kappa shape index (κ3) is 5.10. The first-order chi connectivity index (χ1) is 13.1. The number of carbonyl (C=O) groups excluding carboxylic acids is 2. The van der Waals surface area contributed by atoms with Gasteiger partial charge in [-0.1, -0.05) is 40.2 Å². The van der Waals surface area contributed by atoms with Gasteiger partial charge in [0.2, 0.25) is 0 Å². The summed E-state index contributed by atoms with van der Waals surface area (Å²) in [5.74, 6) is 0.171. The fraction of sp³-hybridized carbons (Fsp3) is 0.333. The van der Waals surface area contributed by atoms with E-state index in [1.54, 1.807) is 7.05 Å². The molecule has 27 heavy (non-hydrogen) atoms. The van der Waals surface area contributed by atoms with E-state index >= 15 is 0 Å². The number of carbonyl (C=O) groups is 2. The lowest BCUT2D eigenvalue weighted by Gasteiger charge is -2.32. The highest BCUT2D eigenvalue weighted by Crippen LogP contribution is 2.27. The Kier molecular flexibility index (Phi) is 6.50. The van der Waals surface area contributed by atoms with E-state index in [9.17, 15) is 9.59 Å². The maximum absolute atomic E-state index is 12.6. The third-order valence-corrected chi connectivity index (χ3v) is 5.38. The van der Waals surface area contributed by atoms with Crippen molar-refractivity contribution in [3.8, 4) is 0 Å². The number of nitrogens with zero attached hydrogens (tertiary/aromatic N) is 1. The van der Waals surface area contributed by atoms with Crippen LogP contribution in [0.15, 0.2) is 53.0 Å². The van der Waals surface area contributed by atoms with Crippen LogP contribution in [0.3, 0.4) is 0 Å². The van der Waals surface area contributed by atoms with E-state index in [1.165, 1.54) is 0 Å². The maximum atomic E-state index is 12.6. The fourth-order valence-corrected chi connectivity index (χ4v) is 3.90. The summed E-state index contributed by atoms with van der Waals surface area (Å²) >= 11 is 3.44. The molecule has 0 unspecified atom stereocenters. The van der Waals surface area contributed by atoms with Crippen molar-refractivity contribution in [2.24, 2.45) is 0 Å². The van der Waals surface area contributed by atoms with Gasteiger partial charge in [-0.25, -0.2) is 4.79 Å². The maximum Gasteiger partial charge on any atom is 0.317 e. The molecule has 0 radical (unpaired) electrons. The lowest BCUT2D eigenvalue weighted by molar-refractivity contribution is 0.0950. The van der Waals surface area contributed by atoms with Gasteiger partial charge in [0.15, 0.2) is 0 Å². The molecule has 1 fully saturated rings. The molecule has 1 heterocycles. The molecule has 2 aromatic carbocycles. The molecular weight excluding hydrogens is 406 g/mol. The average Bonchev–Trinajstić information content (AvgIpc) is 2.71. The third-order valence-electron chi connectivity index (χ3n) is 4.88. The number of hydrogen-bond acceptors (Lipinski definition) is 2. The van der Waals surface area contributed by atoms with Gasteiger partial charge in [0.1, 0.15) is 0 Å². The monoisotopic (exact) mass is 429 g/mol. The summed E-state index contributed by atoms with van der Waals surface area (Å²) in [7, 11) is 1.65. The molecule has 5 nitrogen and oxygen atoms in total. The van der Waals surface area contributed by atoms with Gasteiger partial charge in [-0.2, -0.15) is 0 Å². The van der Waals surface area contributed by atoms with Crippen molar-refractivity contribution in [2.45, 2.75) is 25.3 Å². The Labute approximate surface area is 168 Å². The van der Waals surface area contributed by atoms with Crippen molar-refractivity contribution in [1.29, 1.82) is 0 Å². The molecule has 142 valence electrons. The van der Waals surface area contributed by atoms with Gasteiger partial charge in [-0.15, -0.1) is 0 Å². The van der Waals surface area contributed by atoms with E-state index < -0.39 is 0 Å². The summed E-state index contributed by atoms with van der Waals surface area (Å²) in [5.41, 5.74) is 2.81. The molecule has 1 saturated heterocycles. The molecule has 3 rings (SSSR count). The van der Waals surface area contributed by atoms with Gasteiger partial charge in [0.25, 0.3) is 5.91 Å². The largest absolute Gasteiger partial charge is 0.348 e. The highest BCUT2D eigenvalue weighted by molar-refractivity contribution is 9.10. The molecule has 0 aliphatic carbocycles. The predicted molar refractivity (Wildman–Crippen MR) is 110 cm³/mol. The number of halogens is 1. The molecule has 0 spiro atoms. The smallest absolute Gasteiger partial charge is 0.317 e. The van der Waals surface area contributed by atoms with E-state index in [4.69, 9.17) is 0 Å². The fourth-order valence-electron chi connectivity index (χ4n) is 3.46. The van der Waals surface area contributed by atoms with Crippen molar-refractivity contribution in [2.75, 3.05) is 20.1 Å². The van der Waals surface area contributed by atoms with Crippen LogP contribution in [-0.4, -0.2) is 37.0 Å². The normalized spacial score (nSPS) is 16.7. The minimum atomic E-state index is -0.0872. The minimum absolute atomic E-state index is 0.0392. The van der Waals surface area contributed by atoms with Crippen LogP contribution >= 0.6 is 15.9 Å². The summed E-state index contributed by atoms with van der Waals surface area (Å²) in [4.78, 5) is 26.3. The van der Waals surface area contributed by atoms with Crippen LogP contribution in [0.5, 0.6) is 0 Å². The highest BCUT2D eigenvalue weighted by atomic mass is 79.9. The summed E-state index contributed by atoms with van der Waals surface area (Å²) in [6.07, 6.45) is 1.99. The zero-order valence-corrected chi connectivity index (χ0v) is 17.0. The molecule has 1 atom stereocenters. The first-order valence-corrected chi connectivity index (χ1v) is 9.95. The molecule has 2 aromatic rings. The number of benzene rings is 2. The number of hydrogen-bond donors (Lipinski definition) is 2. The van der Waals surface area contributed by atoms with Crippen molar-refractivity contribution < 1.29 is 9.59 Å². The van der Waals surface area contributed by atoms with Gasteiger partial charge in [-0.3, -0.25) is 4.79 Å². The Morgan fingerprint density at radius 3 is 2.78 bits per heavy atom. The molecule has 0 aromatic heterocycles. The Bertz CT molecular complexity index is 825. The van der Waals surface area contributed by atoms with E-state index in [0.29, 0.717) is 18.7 Å². The number of nitrogens with one attached hydrogen (secondary N) is 2. The number of amides is 3. The molecule has 1 aliphatic rings. The summed E-state index contributed by atoms with van der Waals surface area (Å²) < 4.78 is 0.995. The Balaban J connectivity index is 1.65. The summed E-state index contributed by atoms with van der Waals surface area (Å²) in [6, 6.07) is 15.6. The van der Waals surface area contributed by atoms with E-state index in [2.05, 4.69) is 26.6 Å². The second-order valence-corrected chi connectivity index (χ2v) is 7.69. The van der Waals surface area contributed by atoms with Crippen LogP contribution in [0, 0.1) is 0 Å². The lowest BCUT2D eigenvalue weighted by atomic mass is 9.89. The standard InChI is InChI=1S/C21H24BrN3O2/c1-23-21(27)25-10-4-8-18(14-25)16-6-3-7-17(12-16)20(26)24-13-15-5-2-9-19(22)11-15/h2-3,5-7,9,11-12,18H,4,8,10,13-14H2,1H3,(H,23,27)(H,24,26)/t18-/m1/s1. The van der Waals surface area contributed by atoms with Gasteiger partial charge in [0, 0.05) is 42.6 Å². The first-order valence-electron chi connectivity index (χ1n) is 9.16. The van der Waals surface area contributed by atoms with E-state index in [1.807, 2.05) is 53.4 Å². The van der Waals surface area contributed by atoms with Crippen molar-refractivity contribution in [3.05, 3.63) is 69.7 Å². The topological polar surface area (TPSA) is 61.4 Å². The predicted octanol–water partition coefficient (Wildman–Crippen LogP) is 3.90. The van der Waals surface area contributed by atoms with Crippen molar-refractivity contribution in [3.63, 3.8) is 0 Å². The summed E-state index contributed by atoms with van der Waals surface area (Å²) in [5, 5.41) is 5.67. The van der Waals surface area contributed by atoms with Gasteiger partial charge >= 0.3 is 6.03 Å². The average molecular weight is 430 g/mol. The Hall–Kier alpha value is -2.34. The van der Waals surface area contributed by atoms with Crippen LogP contribution < -0.4 is 10.6 Å². The highest BCUT2D eigenvalue weighted by Gasteiger charge is 2.24. The van der Waals surface area contributed by atoms with Gasteiger partial charge < -0.3 is 15.5 Å². The quantitative estimate of drug-likeness (QED) is 0.773. The van der Waals surface area contributed by atoms with Crippen molar-refractivity contribution in [1.82, 2.24) is 15.5 Å². The molecule has 0 saturated carbocycles. The zero-order chi connectivity index (χ0) is 19.2. The number of urea groups is 1. The zero-order valence-electron chi connectivity index (χ0n) is 15.4. The number of rotatable bonds is 4. The Morgan fingerprint density at radius 1 is 1.19 bits per heavy atom. The SMILES string of the molecule is CNC(=O)N1CCC[C@@H](c2cccc(C(=O)NCc3cccc(Br)c3)c2)C1. The van der Waals surface area contributed by atoms with Crippen LogP contribution in [0.4, 0.5) is 4.79 Å². The molecule has 0 bridgehead atoms. The second-order valence-electron chi connectivity index (χ2n) is 6.78. The number of likely N-dealkylation sites (tertiary alicyclic amines) is 1. The lowest BCUT2D eigenvalue weighted by Crippen LogP contribution is -2.43. The molecule has 2 N–H and O–H groups in total. The van der Waals surface area contributed by atoms with Crippen LogP contribution in [0.25, 0.3) is 0 Å². The van der Waals surface area contributed by atoms with Crippen molar-refractivity contribution >= 4 is 27.9 Å². The van der Waals surface area contributed by atoms with E-state index in [-0.39, 0.29) is 17.9 Å². The van der Waals surface area contributed by atoms with Gasteiger partial charge in [0.05, 0.1) is 0 Å². The minimum Gasteiger partial charge on any atom is -0.348 e. The van der Waals surface area contributed by atoms with Gasteiger partial charge in [-0.05, 0) is 48.2 Å². The van der Waals surface area contributed by atoms with Crippen LogP contribution in [-0.2, 0) is 6.54 Å². The molecular formula is C21H24BrN3O2. The second kappa shape index (κ2) is 9.04.